The molecule has 4 aliphatic rings. The molecule has 3 nitrogen and oxygen atoms in total. The van der Waals surface area contributed by atoms with Crippen LogP contribution in [0.3, 0.4) is 0 Å². The maximum Gasteiger partial charge on any atom is 0.303 e. The van der Waals surface area contributed by atoms with E-state index in [2.05, 4.69) is 13.8 Å². The van der Waals surface area contributed by atoms with Gasteiger partial charge in [0.25, 0.3) is 0 Å². The van der Waals surface area contributed by atoms with Gasteiger partial charge in [-0.3, -0.25) is 4.79 Å². The molecule has 2 N–H and O–H groups in total. The van der Waals surface area contributed by atoms with Gasteiger partial charge < -0.3 is 10.2 Å². The molecule has 142 valence electrons. The van der Waals surface area contributed by atoms with Crippen LogP contribution in [-0.2, 0) is 4.79 Å². The van der Waals surface area contributed by atoms with Crippen molar-refractivity contribution in [1.29, 1.82) is 0 Å². The van der Waals surface area contributed by atoms with Crippen LogP contribution in [0, 0.1) is 40.4 Å². The minimum absolute atomic E-state index is 0.121. The maximum absolute atomic E-state index is 11.1. The van der Waals surface area contributed by atoms with Crippen molar-refractivity contribution in [2.75, 3.05) is 0 Å². The molecule has 0 amide bonds. The Morgan fingerprint density at radius 3 is 2.52 bits per heavy atom. The summed E-state index contributed by atoms with van der Waals surface area (Å²) in [6.45, 7) is 4.97. The number of carboxylic acid groups (broad SMARTS) is 1. The van der Waals surface area contributed by atoms with Gasteiger partial charge in [-0.25, -0.2) is 0 Å². The van der Waals surface area contributed by atoms with Gasteiger partial charge in [0.1, 0.15) is 0 Å². The molecule has 0 spiro atoms. The minimum Gasteiger partial charge on any atom is -0.481 e. The molecule has 3 heteroatoms. The highest BCUT2D eigenvalue weighted by molar-refractivity contribution is 5.66. The standard InChI is InChI=1S/C22H36O3/c1-21-11-4-3-5-15(21)13-18(23)20-16-8-6-14(7-9-19(24)25)22(16,2)12-10-17(20)21/h14-18,20,23H,3-13H2,1-2H3,(H,24,25)/t14?,15-,16?,17?,18-,20-,21-,22+/m0/s1. The van der Waals surface area contributed by atoms with Crippen LogP contribution in [0.15, 0.2) is 0 Å². The van der Waals surface area contributed by atoms with Crippen molar-refractivity contribution in [3.63, 3.8) is 0 Å². The Balaban J connectivity index is 1.58. The van der Waals surface area contributed by atoms with E-state index in [1.165, 1.54) is 51.4 Å². The van der Waals surface area contributed by atoms with Gasteiger partial charge in [0.15, 0.2) is 0 Å². The van der Waals surface area contributed by atoms with Crippen LogP contribution in [-0.4, -0.2) is 22.3 Å². The molecule has 0 saturated heterocycles. The molecule has 3 unspecified atom stereocenters. The molecule has 0 aromatic heterocycles. The monoisotopic (exact) mass is 348 g/mol. The molecule has 8 atom stereocenters. The fraction of sp³-hybridized carbons (Fsp3) is 0.955. The normalized spacial score (nSPS) is 52.1. The number of fused-ring (bicyclic) bond motifs is 5. The minimum atomic E-state index is -0.656. The molecule has 4 fully saturated rings. The van der Waals surface area contributed by atoms with Crippen molar-refractivity contribution >= 4 is 5.97 Å². The number of aliphatic hydroxyl groups is 1. The van der Waals surface area contributed by atoms with Crippen molar-refractivity contribution in [2.45, 2.75) is 90.6 Å². The van der Waals surface area contributed by atoms with E-state index in [0.717, 1.165) is 18.8 Å². The summed E-state index contributed by atoms with van der Waals surface area (Å²) in [6, 6.07) is 0. The van der Waals surface area contributed by atoms with Gasteiger partial charge in [0.2, 0.25) is 0 Å². The van der Waals surface area contributed by atoms with Crippen LogP contribution >= 0.6 is 0 Å². The summed E-state index contributed by atoms with van der Waals surface area (Å²) in [4.78, 5) is 11.1. The molecule has 0 radical (unpaired) electrons. The van der Waals surface area contributed by atoms with Crippen molar-refractivity contribution in [3.05, 3.63) is 0 Å². The fourth-order valence-electron chi connectivity index (χ4n) is 8.14. The van der Waals surface area contributed by atoms with E-state index >= 15 is 0 Å². The molecule has 0 aromatic carbocycles. The van der Waals surface area contributed by atoms with Gasteiger partial charge in [-0.15, -0.1) is 0 Å². The zero-order valence-electron chi connectivity index (χ0n) is 16.0. The molecule has 0 aliphatic heterocycles. The van der Waals surface area contributed by atoms with Gasteiger partial charge in [0, 0.05) is 6.42 Å². The number of hydrogen-bond acceptors (Lipinski definition) is 2. The topological polar surface area (TPSA) is 57.5 Å². The van der Waals surface area contributed by atoms with E-state index in [0.29, 0.717) is 35.5 Å². The highest BCUT2D eigenvalue weighted by Crippen LogP contribution is 2.67. The van der Waals surface area contributed by atoms with Crippen LogP contribution < -0.4 is 0 Å². The van der Waals surface area contributed by atoms with Crippen molar-refractivity contribution in [3.8, 4) is 0 Å². The predicted octanol–water partition coefficient (Wildman–Crippen LogP) is 4.87. The van der Waals surface area contributed by atoms with Gasteiger partial charge in [-0.1, -0.05) is 26.7 Å². The predicted molar refractivity (Wildman–Crippen MR) is 98.1 cm³/mol. The summed E-state index contributed by atoms with van der Waals surface area (Å²) >= 11 is 0. The average Bonchev–Trinajstić information content (AvgIpc) is 2.90. The smallest absolute Gasteiger partial charge is 0.303 e. The first kappa shape index (κ1) is 17.8. The lowest BCUT2D eigenvalue weighted by Gasteiger charge is -2.62. The van der Waals surface area contributed by atoms with Crippen LogP contribution in [0.5, 0.6) is 0 Å². The van der Waals surface area contributed by atoms with E-state index in [4.69, 9.17) is 5.11 Å². The first-order chi connectivity index (χ1) is 11.9. The van der Waals surface area contributed by atoms with Crippen LogP contribution in [0.4, 0.5) is 0 Å². The maximum atomic E-state index is 11.1. The summed E-state index contributed by atoms with van der Waals surface area (Å²) in [5, 5.41) is 20.2. The van der Waals surface area contributed by atoms with Crippen LogP contribution in [0.2, 0.25) is 0 Å². The zero-order chi connectivity index (χ0) is 17.8. The highest BCUT2D eigenvalue weighted by Gasteiger charge is 2.61. The summed E-state index contributed by atoms with van der Waals surface area (Å²) in [6.07, 6.45) is 12.3. The third-order valence-electron chi connectivity index (χ3n) is 9.50. The van der Waals surface area contributed by atoms with E-state index in [1.54, 1.807) is 0 Å². The highest BCUT2D eigenvalue weighted by atomic mass is 16.4. The fourth-order valence-corrected chi connectivity index (χ4v) is 8.14. The molecule has 0 aromatic rings. The van der Waals surface area contributed by atoms with E-state index in [9.17, 15) is 9.90 Å². The largest absolute Gasteiger partial charge is 0.481 e. The number of carbonyl (C=O) groups is 1. The number of rotatable bonds is 3. The Morgan fingerprint density at radius 2 is 1.76 bits per heavy atom. The first-order valence-electron chi connectivity index (χ1n) is 10.8. The molecule has 4 aliphatic carbocycles. The Kier molecular flexibility index (Phi) is 4.46. The second-order valence-corrected chi connectivity index (χ2v) is 10.3. The SMILES string of the molecule is C[C@]12CCC3[C@H](C1CCC2CCC(=O)O)[C@@H](O)C[C@@H]1CCCC[C@]31C. The number of carboxylic acids is 1. The van der Waals surface area contributed by atoms with Gasteiger partial charge in [-0.2, -0.15) is 0 Å². The third kappa shape index (κ3) is 2.67. The van der Waals surface area contributed by atoms with E-state index < -0.39 is 5.97 Å². The van der Waals surface area contributed by atoms with Crippen molar-refractivity contribution in [1.82, 2.24) is 0 Å². The Hall–Kier alpha value is -0.570. The number of aliphatic hydroxyl groups excluding tert-OH is 1. The summed E-state index contributed by atoms with van der Waals surface area (Å²) in [7, 11) is 0. The van der Waals surface area contributed by atoms with Crippen molar-refractivity contribution in [2.24, 2.45) is 40.4 Å². The molecule has 25 heavy (non-hydrogen) atoms. The second-order valence-electron chi connectivity index (χ2n) is 10.3. The first-order valence-corrected chi connectivity index (χ1v) is 10.8. The zero-order valence-corrected chi connectivity index (χ0v) is 16.0. The third-order valence-corrected chi connectivity index (χ3v) is 9.50. The van der Waals surface area contributed by atoms with Crippen LogP contribution in [0.25, 0.3) is 0 Å². The lowest BCUT2D eigenvalue weighted by Crippen LogP contribution is -2.57. The molecule has 0 heterocycles. The van der Waals surface area contributed by atoms with Gasteiger partial charge >= 0.3 is 5.97 Å². The quantitative estimate of drug-likeness (QED) is 0.765. The van der Waals surface area contributed by atoms with E-state index in [1.807, 2.05) is 0 Å². The molecule has 0 bridgehead atoms. The summed E-state index contributed by atoms with van der Waals surface area (Å²) in [5.41, 5.74) is 0.706. The Labute approximate surface area is 152 Å². The summed E-state index contributed by atoms with van der Waals surface area (Å²) < 4.78 is 0. The molecular weight excluding hydrogens is 312 g/mol. The van der Waals surface area contributed by atoms with Crippen molar-refractivity contribution < 1.29 is 15.0 Å². The summed E-state index contributed by atoms with van der Waals surface area (Å²) in [5.74, 6) is 2.38. The lowest BCUT2D eigenvalue weighted by molar-refractivity contribution is -0.163. The van der Waals surface area contributed by atoms with Gasteiger partial charge in [-0.05, 0) is 91.8 Å². The number of aliphatic carboxylic acids is 1. The molecule has 4 saturated carbocycles. The van der Waals surface area contributed by atoms with E-state index in [-0.39, 0.29) is 11.5 Å². The van der Waals surface area contributed by atoms with Gasteiger partial charge in [0.05, 0.1) is 6.10 Å². The number of hydrogen-bond donors (Lipinski definition) is 2. The molecular formula is C22H36O3. The molecule has 4 rings (SSSR count). The lowest BCUT2D eigenvalue weighted by atomic mass is 9.44. The average molecular weight is 349 g/mol. The Bertz CT molecular complexity index is 531. The van der Waals surface area contributed by atoms with Crippen LogP contribution in [0.1, 0.15) is 84.5 Å². The Morgan fingerprint density at radius 1 is 1.00 bits per heavy atom. The second kappa shape index (κ2) is 6.25.